The van der Waals surface area contributed by atoms with Gasteiger partial charge in [0.15, 0.2) is 17.0 Å². The van der Waals surface area contributed by atoms with Crippen LogP contribution in [0.1, 0.15) is 16.7 Å². The summed E-state index contributed by atoms with van der Waals surface area (Å²) in [6.07, 6.45) is -2.01. The summed E-state index contributed by atoms with van der Waals surface area (Å²) in [7, 11) is 1.64. The number of aromatic nitrogens is 4. The number of rotatable bonds is 10. The van der Waals surface area contributed by atoms with E-state index in [1.807, 2.05) is 36.4 Å². The molecule has 5 aromatic rings. The van der Waals surface area contributed by atoms with Crippen molar-refractivity contribution in [2.75, 3.05) is 55.5 Å². The smallest absolute Gasteiger partial charge is 0.416 e. The van der Waals surface area contributed by atoms with Crippen LogP contribution in [-0.2, 0) is 23.9 Å². The maximum Gasteiger partial charge on any atom is 0.416 e. The fourth-order valence-corrected chi connectivity index (χ4v) is 5.06. The molecule has 0 atom stereocenters. The van der Waals surface area contributed by atoms with Gasteiger partial charge in [-0.3, -0.25) is 0 Å². The number of benzene rings is 3. The third-order valence-corrected chi connectivity index (χ3v) is 7.46. The molecule has 228 valence electrons. The lowest BCUT2D eigenvalue weighted by Gasteiger charge is -2.28. The van der Waals surface area contributed by atoms with Gasteiger partial charge in [0.1, 0.15) is 5.75 Å². The number of alkyl halides is 3. The Bertz CT molecular complexity index is 1680. The van der Waals surface area contributed by atoms with Crippen LogP contribution < -0.4 is 20.3 Å². The maximum atomic E-state index is 13.1. The largest absolute Gasteiger partial charge is 0.497 e. The first-order valence-corrected chi connectivity index (χ1v) is 14.3. The molecule has 0 saturated carbocycles. The fraction of sp³-hybridized carbons (Fsp3) is 0.281. The topological polar surface area (TPSA) is 89.4 Å². The van der Waals surface area contributed by atoms with Crippen LogP contribution in [0.15, 0.2) is 79.1 Å². The number of morpholine rings is 1. The summed E-state index contributed by atoms with van der Waals surface area (Å²) in [5, 5.41) is 6.71. The second-order valence-corrected chi connectivity index (χ2v) is 10.4. The Morgan fingerprint density at radius 2 is 1.59 bits per heavy atom. The quantitative estimate of drug-likeness (QED) is 0.197. The number of anilines is 4. The second kappa shape index (κ2) is 12.8. The van der Waals surface area contributed by atoms with Crippen molar-refractivity contribution < 1.29 is 22.6 Å². The van der Waals surface area contributed by atoms with Crippen molar-refractivity contribution in [3.05, 3.63) is 95.8 Å². The van der Waals surface area contributed by atoms with Gasteiger partial charge in [-0.1, -0.05) is 24.3 Å². The Balaban J connectivity index is 1.25. The van der Waals surface area contributed by atoms with Crippen LogP contribution in [0.25, 0.3) is 11.2 Å². The zero-order valence-electron chi connectivity index (χ0n) is 24.1. The Labute approximate surface area is 252 Å². The summed E-state index contributed by atoms with van der Waals surface area (Å²) in [5.41, 5.74) is 4.20. The van der Waals surface area contributed by atoms with Crippen LogP contribution in [0.5, 0.6) is 5.75 Å². The van der Waals surface area contributed by atoms with Crippen LogP contribution >= 0.6 is 0 Å². The van der Waals surface area contributed by atoms with Gasteiger partial charge in [0, 0.05) is 31.0 Å². The first-order chi connectivity index (χ1) is 21.4. The number of hydrogen-bond donors (Lipinski definition) is 2. The molecular weight excluding hydrogens is 571 g/mol. The first kappa shape index (κ1) is 29.2. The molecule has 0 aliphatic carbocycles. The normalized spacial score (nSPS) is 13.7. The highest BCUT2D eigenvalue weighted by Gasteiger charge is 2.30. The summed E-state index contributed by atoms with van der Waals surface area (Å²) in [4.78, 5) is 16.3. The summed E-state index contributed by atoms with van der Waals surface area (Å²) in [6, 6.07) is 21.1. The number of ether oxygens (including phenoxy) is 2. The number of nitrogens with zero attached hydrogens (tertiary/aromatic N) is 5. The molecule has 1 aliphatic rings. The van der Waals surface area contributed by atoms with Crippen molar-refractivity contribution in [2.45, 2.75) is 19.1 Å². The highest BCUT2D eigenvalue weighted by molar-refractivity contribution is 5.85. The van der Waals surface area contributed by atoms with Gasteiger partial charge < -0.3 is 29.6 Å². The van der Waals surface area contributed by atoms with E-state index in [9.17, 15) is 13.2 Å². The monoisotopic (exact) mass is 603 g/mol. The molecule has 3 heterocycles. The highest BCUT2D eigenvalue weighted by atomic mass is 19.4. The molecule has 0 radical (unpaired) electrons. The molecule has 2 aromatic heterocycles. The van der Waals surface area contributed by atoms with E-state index < -0.39 is 11.7 Å². The molecule has 44 heavy (non-hydrogen) atoms. The molecule has 1 fully saturated rings. The number of imidazole rings is 1. The Morgan fingerprint density at radius 3 is 2.27 bits per heavy atom. The zero-order chi connectivity index (χ0) is 30.5. The van der Waals surface area contributed by atoms with Crippen molar-refractivity contribution in [2.24, 2.45) is 0 Å². The van der Waals surface area contributed by atoms with Crippen LogP contribution in [0.2, 0.25) is 0 Å². The van der Waals surface area contributed by atoms with E-state index in [-0.39, 0.29) is 0 Å². The van der Waals surface area contributed by atoms with Crippen molar-refractivity contribution in [3.8, 4) is 5.75 Å². The molecular formula is C32H32F3N7O2. The highest BCUT2D eigenvalue weighted by Crippen LogP contribution is 2.30. The lowest BCUT2D eigenvalue weighted by Crippen LogP contribution is -2.36. The number of halogens is 3. The Hall–Kier alpha value is -4.84. The van der Waals surface area contributed by atoms with Gasteiger partial charge in [-0.05, 0) is 66.1 Å². The SMILES string of the molecule is COc1ccc(CCNc2nc(Nc3ccc(N4CCOCC4)cc3)nc3c2ncn3Cc2ccc(C(F)(F)F)cc2)cc1. The molecule has 9 nitrogen and oxygen atoms in total. The van der Waals surface area contributed by atoms with E-state index in [1.165, 1.54) is 12.1 Å². The summed E-state index contributed by atoms with van der Waals surface area (Å²) in [5.74, 6) is 1.73. The third-order valence-electron chi connectivity index (χ3n) is 7.46. The number of fused-ring (bicyclic) bond motifs is 1. The molecule has 2 N–H and O–H groups in total. The minimum absolute atomic E-state index is 0.296. The molecule has 1 aliphatic heterocycles. The third kappa shape index (κ3) is 6.86. The van der Waals surface area contributed by atoms with Gasteiger partial charge in [-0.2, -0.15) is 23.1 Å². The molecule has 0 bridgehead atoms. The van der Waals surface area contributed by atoms with E-state index in [0.29, 0.717) is 54.8 Å². The van der Waals surface area contributed by atoms with Gasteiger partial charge in [-0.15, -0.1) is 0 Å². The van der Waals surface area contributed by atoms with Gasteiger partial charge >= 0.3 is 6.18 Å². The predicted molar refractivity (Wildman–Crippen MR) is 164 cm³/mol. The summed E-state index contributed by atoms with van der Waals surface area (Å²) in [6.45, 7) is 4.01. The minimum Gasteiger partial charge on any atom is -0.497 e. The lowest BCUT2D eigenvalue weighted by atomic mass is 10.1. The van der Waals surface area contributed by atoms with E-state index in [0.717, 1.165) is 54.3 Å². The molecule has 0 spiro atoms. The summed E-state index contributed by atoms with van der Waals surface area (Å²) < 4.78 is 51.7. The zero-order valence-corrected chi connectivity index (χ0v) is 24.1. The van der Waals surface area contributed by atoms with Crippen LogP contribution in [0.4, 0.5) is 36.3 Å². The lowest BCUT2D eigenvalue weighted by molar-refractivity contribution is -0.137. The van der Waals surface area contributed by atoms with E-state index in [4.69, 9.17) is 19.4 Å². The molecule has 3 aromatic carbocycles. The van der Waals surface area contributed by atoms with Crippen molar-refractivity contribution in [1.82, 2.24) is 19.5 Å². The Kier molecular flexibility index (Phi) is 8.51. The molecule has 1 saturated heterocycles. The van der Waals surface area contributed by atoms with Crippen LogP contribution in [0.3, 0.4) is 0 Å². The van der Waals surface area contributed by atoms with Crippen molar-refractivity contribution >= 4 is 34.3 Å². The van der Waals surface area contributed by atoms with E-state index in [1.54, 1.807) is 18.0 Å². The molecule has 6 rings (SSSR count). The number of methoxy groups -OCH3 is 1. The molecule has 0 unspecified atom stereocenters. The molecule has 0 amide bonds. The van der Waals surface area contributed by atoms with Crippen LogP contribution in [0, 0.1) is 0 Å². The van der Waals surface area contributed by atoms with Gasteiger partial charge in [0.05, 0.1) is 38.8 Å². The van der Waals surface area contributed by atoms with Gasteiger partial charge in [-0.25, -0.2) is 4.98 Å². The van der Waals surface area contributed by atoms with E-state index >= 15 is 0 Å². The Morgan fingerprint density at radius 1 is 0.886 bits per heavy atom. The standard InChI is InChI=1S/C32H32F3N7O2/c1-43-27-12-4-22(5-13-27)14-15-36-29-28-30(42(21-37-28)20-23-2-6-24(7-3-23)32(33,34)35)40-31(39-29)38-25-8-10-26(11-9-25)41-16-18-44-19-17-41/h2-13,21H,14-20H2,1H3,(H2,36,38,39,40). The van der Waals surface area contributed by atoms with Crippen molar-refractivity contribution in [3.63, 3.8) is 0 Å². The maximum absolute atomic E-state index is 13.1. The fourth-order valence-electron chi connectivity index (χ4n) is 5.06. The van der Waals surface area contributed by atoms with Crippen molar-refractivity contribution in [1.29, 1.82) is 0 Å². The summed E-state index contributed by atoms with van der Waals surface area (Å²) >= 11 is 0. The van der Waals surface area contributed by atoms with Gasteiger partial charge in [0.2, 0.25) is 5.95 Å². The average molecular weight is 604 g/mol. The number of hydrogen-bond acceptors (Lipinski definition) is 8. The minimum atomic E-state index is -4.39. The first-order valence-electron chi connectivity index (χ1n) is 14.3. The van der Waals surface area contributed by atoms with Crippen LogP contribution in [-0.4, -0.2) is 59.5 Å². The second-order valence-electron chi connectivity index (χ2n) is 10.4. The molecule has 12 heteroatoms. The average Bonchev–Trinajstić information content (AvgIpc) is 3.44. The van der Waals surface area contributed by atoms with E-state index in [2.05, 4.69) is 32.7 Å². The van der Waals surface area contributed by atoms with Gasteiger partial charge in [0.25, 0.3) is 0 Å². The predicted octanol–water partition coefficient (Wildman–Crippen LogP) is 6.14. The number of nitrogens with one attached hydrogen (secondary N) is 2.